The number of halogens is 2. The van der Waals surface area contributed by atoms with Crippen LogP contribution < -0.4 is 5.32 Å². The first-order valence-electron chi connectivity index (χ1n) is 6.57. The number of nitrogens with one attached hydrogen (secondary N) is 1. The summed E-state index contributed by atoms with van der Waals surface area (Å²) in [5.41, 5.74) is 1.26. The number of likely N-dealkylation sites (N-methyl/N-ethyl adjacent to an activating group) is 1. The summed E-state index contributed by atoms with van der Waals surface area (Å²) in [6.07, 6.45) is 1.02. The largest absolute Gasteiger partial charge is 0.313 e. The van der Waals surface area contributed by atoms with E-state index in [1.165, 1.54) is 22.8 Å². The quantitative estimate of drug-likeness (QED) is 0.858. The van der Waals surface area contributed by atoms with Crippen LogP contribution >= 0.6 is 46.7 Å². The Morgan fingerprint density at radius 2 is 2.16 bits per heavy atom. The molecule has 0 saturated carbocycles. The third-order valence-electron chi connectivity index (χ3n) is 3.20. The molecular weight excluding hydrogens is 317 g/mol. The lowest BCUT2D eigenvalue weighted by molar-refractivity contribution is 0.522. The van der Waals surface area contributed by atoms with Gasteiger partial charge in [0, 0.05) is 28.6 Å². The zero-order chi connectivity index (χ0) is 13.7. The van der Waals surface area contributed by atoms with E-state index in [9.17, 15) is 0 Å². The van der Waals surface area contributed by atoms with E-state index in [4.69, 9.17) is 23.2 Å². The standard InChI is InChI=1S/C14H19Cl2NS2/c1-2-17-13(14-9-18-5-6-19-14)8-10-3-4-11(15)12(16)7-10/h3-4,7,13-14,17H,2,5-6,8-9H2,1H3. The van der Waals surface area contributed by atoms with Crippen molar-refractivity contribution in [1.82, 2.24) is 5.32 Å². The monoisotopic (exact) mass is 335 g/mol. The Balaban J connectivity index is 2.04. The van der Waals surface area contributed by atoms with Crippen LogP contribution in [0.15, 0.2) is 18.2 Å². The predicted molar refractivity (Wildman–Crippen MR) is 91.2 cm³/mol. The van der Waals surface area contributed by atoms with E-state index in [-0.39, 0.29) is 0 Å². The van der Waals surface area contributed by atoms with Crippen molar-refractivity contribution in [2.24, 2.45) is 0 Å². The second kappa shape index (κ2) is 8.04. The Kier molecular flexibility index (Phi) is 6.70. The summed E-state index contributed by atoms with van der Waals surface area (Å²) in [6, 6.07) is 6.49. The van der Waals surface area contributed by atoms with Crippen LogP contribution in [0.5, 0.6) is 0 Å². The summed E-state index contributed by atoms with van der Waals surface area (Å²) in [5.74, 6) is 3.79. The molecule has 1 aromatic carbocycles. The lowest BCUT2D eigenvalue weighted by Gasteiger charge is -2.30. The Bertz CT molecular complexity index is 408. The average molecular weight is 336 g/mol. The van der Waals surface area contributed by atoms with Crippen LogP contribution in [0.4, 0.5) is 0 Å². The molecule has 0 radical (unpaired) electrons. The zero-order valence-corrected chi connectivity index (χ0v) is 14.1. The van der Waals surface area contributed by atoms with Crippen LogP contribution in [0.2, 0.25) is 10.0 Å². The molecule has 2 atom stereocenters. The van der Waals surface area contributed by atoms with Crippen molar-refractivity contribution in [3.63, 3.8) is 0 Å². The molecule has 1 aromatic rings. The summed E-state index contributed by atoms with van der Waals surface area (Å²) >= 11 is 16.2. The molecule has 5 heteroatoms. The van der Waals surface area contributed by atoms with Crippen molar-refractivity contribution in [3.05, 3.63) is 33.8 Å². The number of thioether (sulfide) groups is 2. The molecule has 2 rings (SSSR count). The second-order valence-electron chi connectivity index (χ2n) is 4.60. The molecule has 1 saturated heterocycles. The van der Waals surface area contributed by atoms with Gasteiger partial charge in [-0.25, -0.2) is 0 Å². The van der Waals surface area contributed by atoms with Crippen LogP contribution in [0.25, 0.3) is 0 Å². The minimum Gasteiger partial charge on any atom is -0.313 e. The Labute approximate surface area is 134 Å². The maximum atomic E-state index is 6.10. The second-order valence-corrected chi connectivity index (χ2v) is 7.91. The van der Waals surface area contributed by atoms with Crippen LogP contribution in [0.1, 0.15) is 12.5 Å². The molecule has 1 aliphatic heterocycles. The molecule has 1 fully saturated rings. The number of hydrogen-bond acceptors (Lipinski definition) is 3. The number of benzene rings is 1. The highest BCUT2D eigenvalue weighted by molar-refractivity contribution is 8.06. The van der Waals surface area contributed by atoms with Crippen molar-refractivity contribution in [1.29, 1.82) is 0 Å². The molecule has 1 N–H and O–H groups in total. The lowest BCUT2D eigenvalue weighted by atomic mass is 10.0. The third-order valence-corrected chi connectivity index (χ3v) is 6.86. The van der Waals surface area contributed by atoms with Gasteiger partial charge in [-0.3, -0.25) is 0 Å². The van der Waals surface area contributed by atoms with E-state index in [1.807, 2.05) is 12.1 Å². The first-order chi connectivity index (χ1) is 9.20. The molecule has 19 heavy (non-hydrogen) atoms. The molecule has 0 aliphatic carbocycles. The van der Waals surface area contributed by atoms with Crippen LogP contribution in [-0.2, 0) is 6.42 Å². The van der Waals surface area contributed by atoms with E-state index < -0.39 is 0 Å². The van der Waals surface area contributed by atoms with Gasteiger partial charge in [0.1, 0.15) is 0 Å². The summed E-state index contributed by atoms with van der Waals surface area (Å²) < 4.78 is 0. The maximum Gasteiger partial charge on any atom is 0.0595 e. The fourth-order valence-electron chi connectivity index (χ4n) is 2.26. The van der Waals surface area contributed by atoms with Crippen molar-refractivity contribution in [2.75, 3.05) is 23.8 Å². The van der Waals surface area contributed by atoms with Crippen LogP contribution in [0, 0.1) is 0 Å². The van der Waals surface area contributed by atoms with Gasteiger partial charge in [-0.2, -0.15) is 23.5 Å². The van der Waals surface area contributed by atoms with E-state index in [1.54, 1.807) is 0 Å². The van der Waals surface area contributed by atoms with Gasteiger partial charge in [-0.1, -0.05) is 36.2 Å². The molecule has 1 nitrogen and oxygen atoms in total. The minimum absolute atomic E-state index is 0.514. The van der Waals surface area contributed by atoms with Gasteiger partial charge in [0.2, 0.25) is 0 Å². The van der Waals surface area contributed by atoms with Gasteiger partial charge >= 0.3 is 0 Å². The lowest BCUT2D eigenvalue weighted by Crippen LogP contribution is -2.42. The van der Waals surface area contributed by atoms with E-state index >= 15 is 0 Å². The Hall–Kier alpha value is 0.460. The van der Waals surface area contributed by atoms with Gasteiger partial charge in [-0.05, 0) is 30.7 Å². The van der Waals surface area contributed by atoms with Gasteiger partial charge in [-0.15, -0.1) is 0 Å². The molecular formula is C14H19Cl2NS2. The molecule has 0 spiro atoms. The topological polar surface area (TPSA) is 12.0 Å². The summed E-state index contributed by atoms with van der Waals surface area (Å²) in [7, 11) is 0. The molecule has 0 bridgehead atoms. The smallest absolute Gasteiger partial charge is 0.0595 e. The SMILES string of the molecule is CCNC(Cc1ccc(Cl)c(Cl)c1)C1CSCCS1. The van der Waals surface area contributed by atoms with Crippen molar-refractivity contribution in [2.45, 2.75) is 24.6 Å². The van der Waals surface area contributed by atoms with Gasteiger partial charge in [0.05, 0.1) is 10.0 Å². The van der Waals surface area contributed by atoms with Gasteiger partial charge in [0.15, 0.2) is 0 Å². The number of hydrogen-bond donors (Lipinski definition) is 1. The summed E-state index contributed by atoms with van der Waals surface area (Å²) in [4.78, 5) is 0. The Morgan fingerprint density at radius 1 is 1.32 bits per heavy atom. The van der Waals surface area contributed by atoms with Crippen molar-refractivity contribution >= 4 is 46.7 Å². The van der Waals surface area contributed by atoms with Crippen LogP contribution in [-0.4, -0.2) is 35.1 Å². The van der Waals surface area contributed by atoms with E-state index in [0.717, 1.165) is 13.0 Å². The molecule has 0 amide bonds. The summed E-state index contributed by atoms with van der Waals surface area (Å²) in [5, 5.41) is 5.60. The maximum absolute atomic E-state index is 6.10. The highest BCUT2D eigenvalue weighted by Crippen LogP contribution is 2.29. The molecule has 0 aromatic heterocycles. The number of rotatable bonds is 5. The Morgan fingerprint density at radius 3 is 2.79 bits per heavy atom. The molecule has 106 valence electrons. The minimum atomic E-state index is 0.514. The molecule has 1 aliphatic rings. The normalized spacial score (nSPS) is 21.3. The molecule has 1 heterocycles. The van der Waals surface area contributed by atoms with Crippen molar-refractivity contribution < 1.29 is 0 Å². The zero-order valence-electron chi connectivity index (χ0n) is 11.0. The molecule has 2 unspecified atom stereocenters. The van der Waals surface area contributed by atoms with E-state index in [0.29, 0.717) is 21.3 Å². The summed E-state index contributed by atoms with van der Waals surface area (Å²) in [6.45, 7) is 3.18. The highest BCUT2D eigenvalue weighted by Gasteiger charge is 2.24. The van der Waals surface area contributed by atoms with Crippen LogP contribution in [0.3, 0.4) is 0 Å². The predicted octanol–water partition coefficient (Wildman–Crippen LogP) is 4.36. The first kappa shape index (κ1) is 15.8. The van der Waals surface area contributed by atoms with Crippen molar-refractivity contribution in [3.8, 4) is 0 Å². The first-order valence-corrected chi connectivity index (χ1v) is 9.53. The van der Waals surface area contributed by atoms with Gasteiger partial charge < -0.3 is 5.32 Å². The average Bonchev–Trinajstić information content (AvgIpc) is 2.43. The van der Waals surface area contributed by atoms with E-state index in [2.05, 4.69) is 41.8 Å². The fraction of sp³-hybridized carbons (Fsp3) is 0.571. The highest BCUT2D eigenvalue weighted by atomic mass is 35.5. The third kappa shape index (κ3) is 4.75. The van der Waals surface area contributed by atoms with Gasteiger partial charge in [0.25, 0.3) is 0 Å². The fourth-order valence-corrected chi connectivity index (χ4v) is 5.47.